The number of rotatable bonds is 4. The van der Waals surface area contributed by atoms with Crippen molar-refractivity contribution in [3.05, 3.63) is 53.1 Å². The molecule has 2 aliphatic rings. The summed E-state index contributed by atoms with van der Waals surface area (Å²) in [5, 5.41) is 2.94. The Balaban J connectivity index is 1.70. The summed E-state index contributed by atoms with van der Waals surface area (Å²) in [4.78, 5) is 41.6. The van der Waals surface area contributed by atoms with Crippen LogP contribution in [0.4, 0.5) is 17.1 Å². The van der Waals surface area contributed by atoms with E-state index >= 15 is 0 Å². The fourth-order valence-electron chi connectivity index (χ4n) is 4.31. The second kappa shape index (κ2) is 7.35. The zero-order chi connectivity index (χ0) is 20.7. The zero-order valence-electron chi connectivity index (χ0n) is 17.0. The summed E-state index contributed by atoms with van der Waals surface area (Å²) in [5.74, 6) is -0.332. The summed E-state index contributed by atoms with van der Waals surface area (Å²) in [6.07, 6.45) is 1.72. The molecule has 3 amide bonds. The third kappa shape index (κ3) is 3.39. The average Bonchev–Trinajstić information content (AvgIpc) is 3.06. The molecule has 0 spiro atoms. The molecular weight excluding hydrogens is 366 g/mol. The molecule has 2 heterocycles. The standard InChI is InChI=1S/C23H25N3O3/c1-4-9-25-20-13-16(22(28)24-17-11-14(2)10-15(3)12-17)5-6-18(20)26-19(23(25)29)7-8-21(26)27/h5-6,10-13,19H,4,7-9H2,1-3H3,(H,24,28)/t19-/m1/s1. The molecular formula is C23H25N3O3. The summed E-state index contributed by atoms with van der Waals surface area (Å²) in [5.41, 5.74) is 4.70. The molecule has 1 N–H and O–H groups in total. The fourth-order valence-corrected chi connectivity index (χ4v) is 4.31. The molecule has 2 aromatic rings. The van der Waals surface area contributed by atoms with E-state index < -0.39 is 6.04 Å². The van der Waals surface area contributed by atoms with Gasteiger partial charge < -0.3 is 10.2 Å². The number of aryl methyl sites for hydroxylation is 2. The minimum Gasteiger partial charge on any atom is -0.322 e. The van der Waals surface area contributed by atoms with Crippen LogP contribution in [0.2, 0.25) is 0 Å². The summed E-state index contributed by atoms with van der Waals surface area (Å²) >= 11 is 0. The Labute approximate surface area is 170 Å². The van der Waals surface area contributed by atoms with Crippen LogP contribution in [-0.4, -0.2) is 30.3 Å². The van der Waals surface area contributed by atoms with Crippen molar-refractivity contribution >= 4 is 34.8 Å². The lowest BCUT2D eigenvalue weighted by molar-refractivity contribution is -0.122. The van der Waals surface area contributed by atoms with Gasteiger partial charge in [-0.15, -0.1) is 0 Å². The van der Waals surface area contributed by atoms with Gasteiger partial charge in [0.1, 0.15) is 6.04 Å². The van der Waals surface area contributed by atoms with Crippen molar-refractivity contribution in [1.82, 2.24) is 0 Å². The Morgan fingerprint density at radius 1 is 1.07 bits per heavy atom. The van der Waals surface area contributed by atoms with Gasteiger partial charge in [-0.25, -0.2) is 0 Å². The first-order chi connectivity index (χ1) is 13.9. The van der Waals surface area contributed by atoms with Crippen molar-refractivity contribution in [2.24, 2.45) is 0 Å². The highest BCUT2D eigenvalue weighted by molar-refractivity contribution is 6.16. The smallest absolute Gasteiger partial charge is 0.255 e. The number of nitrogens with zero attached hydrogens (tertiary/aromatic N) is 2. The molecule has 6 heteroatoms. The van der Waals surface area contributed by atoms with Crippen LogP contribution in [0.25, 0.3) is 0 Å². The molecule has 2 aliphatic heterocycles. The van der Waals surface area contributed by atoms with E-state index in [2.05, 4.69) is 5.32 Å². The molecule has 1 atom stereocenters. The normalized spacial score (nSPS) is 18.0. The molecule has 2 aromatic carbocycles. The number of fused-ring (bicyclic) bond motifs is 3. The maximum atomic E-state index is 13.0. The Hall–Kier alpha value is -3.15. The number of benzene rings is 2. The summed E-state index contributed by atoms with van der Waals surface area (Å²) in [7, 11) is 0. The molecule has 1 fully saturated rings. The first-order valence-electron chi connectivity index (χ1n) is 10.1. The Morgan fingerprint density at radius 3 is 2.48 bits per heavy atom. The molecule has 0 aliphatic carbocycles. The molecule has 0 aromatic heterocycles. The SMILES string of the molecule is CCCN1C(=O)[C@H]2CCC(=O)N2c2ccc(C(=O)Nc3cc(C)cc(C)c3)cc21. The van der Waals surface area contributed by atoms with Crippen LogP contribution >= 0.6 is 0 Å². The highest BCUT2D eigenvalue weighted by atomic mass is 16.2. The van der Waals surface area contributed by atoms with Crippen LogP contribution < -0.4 is 15.1 Å². The van der Waals surface area contributed by atoms with Crippen LogP contribution in [0.3, 0.4) is 0 Å². The second-order valence-corrected chi connectivity index (χ2v) is 7.84. The van der Waals surface area contributed by atoms with E-state index in [1.54, 1.807) is 28.0 Å². The van der Waals surface area contributed by atoms with E-state index in [9.17, 15) is 14.4 Å². The van der Waals surface area contributed by atoms with Gasteiger partial charge in [0.25, 0.3) is 5.91 Å². The zero-order valence-corrected chi connectivity index (χ0v) is 17.0. The van der Waals surface area contributed by atoms with E-state index in [1.807, 2.05) is 39.0 Å². The number of carbonyl (C=O) groups excluding carboxylic acids is 3. The maximum Gasteiger partial charge on any atom is 0.255 e. The third-order valence-electron chi connectivity index (χ3n) is 5.48. The van der Waals surface area contributed by atoms with Gasteiger partial charge in [0, 0.05) is 24.2 Å². The largest absolute Gasteiger partial charge is 0.322 e. The number of carbonyl (C=O) groups is 3. The third-order valence-corrected chi connectivity index (χ3v) is 5.48. The van der Waals surface area contributed by atoms with E-state index in [0.29, 0.717) is 36.3 Å². The lowest BCUT2D eigenvalue weighted by atomic mass is 10.0. The number of hydrogen-bond acceptors (Lipinski definition) is 3. The molecule has 0 radical (unpaired) electrons. The summed E-state index contributed by atoms with van der Waals surface area (Å²) in [6, 6.07) is 10.7. The van der Waals surface area contributed by atoms with Crippen molar-refractivity contribution in [1.29, 1.82) is 0 Å². The number of anilines is 3. The van der Waals surface area contributed by atoms with Gasteiger partial charge in [-0.2, -0.15) is 0 Å². The van der Waals surface area contributed by atoms with E-state index in [4.69, 9.17) is 0 Å². The first kappa shape index (κ1) is 19.2. The lowest BCUT2D eigenvalue weighted by Gasteiger charge is -2.38. The number of amides is 3. The van der Waals surface area contributed by atoms with E-state index in [0.717, 1.165) is 23.2 Å². The van der Waals surface area contributed by atoms with Crippen LogP contribution in [0.1, 0.15) is 47.7 Å². The maximum absolute atomic E-state index is 13.0. The summed E-state index contributed by atoms with van der Waals surface area (Å²) in [6.45, 7) is 6.54. The Morgan fingerprint density at radius 2 is 1.79 bits per heavy atom. The number of nitrogens with one attached hydrogen (secondary N) is 1. The highest BCUT2D eigenvalue weighted by Gasteiger charge is 2.44. The van der Waals surface area contributed by atoms with Gasteiger partial charge in [-0.3, -0.25) is 19.3 Å². The van der Waals surface area contributed by atoms with Crippen LogP contribution in [0.15, 0.2) is 36.4 Å². The number of hydrogen-bond donors (Lipinski definition) is 1. The molecule has 6 nitrogen and oxygen atoms in total. The van der Waals surface area contributed by atoms with Crippen LogP contribution in [0.5, 0.6) is 0 Å². The topological polar surface area (TPSA) is 69.7 Å². The van der Waals surface area contributed by atoms with Gasteiger partial charge in [0.05, 0.1) is 11.4 Å². The predicted octanol–water partition coefficient (Wildman–Crippen LogP) is 3.81. The Bertz CT molecular complexity index is 994. The quantitative estimate of drug-likeness (QED) is 0.862. The monoisotopic (exact) mass is 391 g/mol. The first-order valence-corrected chi connectivity index (χ1v) is 10.1. The lowest BCUT2D eigenvalue weighted by Crippen LogP contribution is -2.52. The van der Waals surface area contributed by atoms with Crippen molar-refractivity contribution in [3.8, 4) is 0 Å². The van der Waals surface area contributed by atoms with Gasteiger partial charge in [-0.05, 0) is 68.1 Å². The second-order valence-electron chi connectivity index (χ2n) is 7.84. The minimum atomic E-state index is -0.420. The fraction of sp³-hybridized carbons (Fsp3) is 0.348. The van der Waals surface area contributed by atoms with E-state index in [1.165, 1.54) is 0 Å². The molecule has 4 rings (SSSR count). The van der Waals surface area contributed by atoms with Crippen molar-refractivity contribution < 1.29 is 14.4 Å². The van der Waals surface area contributed by atoms with Gasteiger partial charge in [-0.1, -0.05) is 13.0 Å². The van der Waals surface area contributed by atoms with Gasteiger partial charge in [0.2, 0.25) is 11.8 Å². The minimum absolute atomic E-state index is 0.0341. The molecule has 1 saturated heterocycles. The molecule has 29 heavy (non-hydrogen) atoms. The van der Waals surface area contributed by atoms with Gasteiger partial charge in [0.15, 0.2) is 0 Å². The molecule has 0 saturated carbocycles. The van der Waals surface area contributed by atoms with Gasteiger partial charge >= 0.3 is 0 Å². The molecule has 0 unspecified atom stereocenters. The summed E-state index contributed by atoms with van der Waals surface area (Å²) < 4.78 is 0. The van der Waals surface area contributed by atoms with Crippen molar-refractivity contribution in [2.45, 2.75) is 46.1 Å². The molecule has 150 valence electrons. The van der Waals surface area contributed by atoms with Crippen molar-refractivity contribution in [2.75, 3.05) is 21.7 Å². The van der Waals surface area contributed by atoms with Crippen LogP contribution in [-0.2, 0) is 9.59 Å². The Kier molecular flexibility index (Phi) is 4.86. The predicted molar refractivity (Wildman–Crippen MR) is 113 cm³/mol. The molecule has 0 bridgehead atoms. The van der Waals surface area contributed by atoms with E-state index in [-0.39, 0.29) is 17.7 Å². The van der Waals surface area contributed by atoms with Crippen LogP contribution in [0, 0.1) is 13.8 Å². The highest BCUT2D eigenvalue weighted by Crippen LogP contribution is 2.41. The van der Waals surface area contributed by atoms with Crippen molar-refractivity contribution in [3.63, 3.8) is 0 Å². The average molecular weight is 391 g/mol.